The Hall–Kier alpha value is -0.220. The Morgan fingerprint density at radius 3 is 2.27 bits per heavy atom. The molecule has 0 bridgehead atoms. The van der Waals surface area contributed by atoms with Crippen molar-refractivity contribution in [2.45, 2.75) is 18.8 Å². The fourth-order valence-electron chi connectivity index (χ4n) is 1.71. The summed E-state index contributed by atoms with van der Waals surface area (Å²) in [4.78, 5) is 0. The largest absolute Gasteiger partial charge is 0.396 e. The van der Waals surface area contributed by atoms with Crippen LogP contribution < -0.4 is 5.32 Å². The molecule has 0 unspecified atom stereocenters. The molecule has 0 saturated heterocycles. The van der Waals surface area contributed by atoms with Crippen LogP contribution in [0.25, 0.3) is 0 Å². The summed E-state index contributed by atoms with van der Waals surface area (Å²) in [7, 11) is 1.70. The lowest BCUT2D eigenvalue weighted by Gasteiger charge is -2.46. The summed E-state index contributed by atoms with van der Waals surface area (Å²) in [6.45, 7) is 0.322. The molecule has 0 aromatic heterocycles. The summed E-state index contributed by atoms with van der Waals surface area (Å²) < 4.78 is 24.8. The van der Waals surface area contributed by atoms with E-state index >= 15 is 0 Å². The van der Waals surface area contributed by atoms with Crippen LogP contribution in [0.15, 0.2) is 0 Å². The van der Waals surface area contributed by atoms with Crippen molar-refractivity contribution in [3.8, 4) is 0 Å². The molecule has 0 atom stereocenters. The molecule has 66 valence electrons. The lowest BCUT2D eigenvalue weighted by molar-refractivity contribution is -0.173. The van der Waals surface area contributed by atoms with Crippen LogP contribution in [0.1, 0.15) is 12.8 Å². The van der Waals surface area contributed by atoms with E-state index in [0.717, 1.165) is 0 Å². The van der Waals surface area contributed by atoms with E-state index in [0.29, 0.717) is 6.54 Å². The third kappa shape index (κ3) is 1.68. The maximum absolute atomic E-state index is 12.4. The van der Waals surface area contributed by atoms with Crippen LogP contribution in [0.4, 0.5) is 8.78 Å². The number of alkyl halides is 2. The maximum atomic E-state index is 12.4. The van der Waals surface area contributed by atoms with Gasteiger partial charge in [0.05, 0.1) is 6.61 Å². The molecule has 1 aliphatic rings. The monoisotopic (exact) mass is 165 g/mol. The van der Waals surface area contributed by atoms with Crippen LogP contribution in [0.3, 0.4) is 0 Å². The van der Waals surface area contributed by atoms with E-state index in [4.69, 9.17) is 5.11 Å². The van der Waals surface area contributed by atoms with Crippen molar-refractivity contribution in [3.63, 3.8) is 0 Å². The Balaban J connectivity index is 2.43. The van der Waals surface area contributed by atoms with Gasteiger partial charge in [0.25, 0.3) is 0 Å². The predicted molar refractivity (Wildman–Crippen MR) is 37.6 cm³/mol. The van der Waals surface area contributed by atoms with E-state index in [-0.39, 0.29) is 19.4 Å². The highest BCUT2D eigenvalue weighted by Gasteiger charge is 2.55. The Kier molecular flexibility index (Phi) is 2.16. The number of nitrogens with one attached hydrogen (secondary N) is 1. The summed E-state index contributed by atoms with van der Waals surface area (Å²) in [5, 5.41) is 11.6. The van der Waals surface area contributed by atoms with Crippen LogP contribution in [0, 0.1) is 5.41 Å². The minimum absolute atomic E-state index is 0.149. The van der Waals surface area contributed by atoms with Crippen LogP contribution in [-0.4, -0.2) is 31.2 Å². The van der Waals surface area contributed by atoms with Crippen molar-refractivity contribution in [1.29, 1.82) is 0 Å². The van der Waals surface area contributed by atoms with Crippen LogP contribution >= 0.6 is 0 Å². The van der Waals surface area contributed by atoms with E-state index < -0.39 is 11.3 Å². The van der Waals surface area contributed by atoms with Gasteiger partial charge in [-0.1, -0.05) is 0 Å². The first-order valence-electron chi connectivity index (χ1n) is 3.67. The Morgan fingerprint density at radius 1 is 1.45 bits per heavy atom. The van der Waals surface area contributed by atoms with Gasteiger partial charge in [0.2, 0.25) is 5.92 Å². The lowest BCUT2D eigenvalue weighted by Crippen LogP contribution is -2.53. The topological polar surface area (TPSA) is 32.3 Å². The Bertz CT molecular complexity index is 141. The second-order valence-corrected chi connectivity index (χ2v) is 3.40. The number of aliphatic hydroxyl groups excluding tert-OH is 1. The van der Waals surface area contributed by atoms with Gasteiger partial charge in [-0.25, -0.2) is 8.78 Å². The van der Waals surface area contributed by atoms with Gasteiger partial charge in [0.1, 0.15) is 0 Å². The zero-order chi connectivity index (χ0) is 8.54. The van der Waals surface area contributed by atoms with Gasteiger partial charge in [-0.15, -0.1) is 0 Å². The van der Waals surface area contributed by atoms with Crippen molar-refractivity contribution < 1.29 is 13.9 Å². The third-order valence-electron chi connectivity index (χ3n) is 2.15. The van der Waals surface area contributed by atoms with E-state index in [1.807, 2.05) is 0 Å². The maximum Gasteiger partial charge on any atom is 0.249 e. The molecule has 1 fully saturated rings. The van der Waals surface area contributed by atoms with Gasteiger partial charge in [0, 0.05) is 24.8 Å². The minimum Gasteiger partial charge on any atom is -0.396 e. The van der Waals surface area contributed by atoms with Gasteiger partial charge in [-0.3, -0.25) is 0 Å². The first kappa shape index (κ1) is 8.87. The quantitative estimate of drug-likeness (QED) is 0.642. The summed E-state index contributed by atoms with van der Waals surface area (Å²) >= 11 is 0. The lowest BCUT2D eigenvalue weighted by atomic mass is 9.66. The molecule has 0 aromatic rings. The van der Waals surface area contributed by atoms with Gasteiger partial charge < -0.3 is 10.4 Å². The van der Waals surface area contributed by atoms with E-state index in [2.05, 4.69) is 5.32 Å². The number of halogens is 2. The second-order valence-electron chi connectivity index (χ2n) is 3.40. The SMILES string of the molecule is CNCC1(CO)CC(F)(F)C1. The smallest absolute Gasteiger partial charge is 0.249 e. The van der Waals surface area contributed by atoms with E-state index in [1.165, 1.54) is 0 Å². The van der Waals surface area contributed by atoms with Crippen LogP contribution in [-0.2, 0) is 0 Å². The van der Waals surface area contributed by atoms with Gasteiger partial charge in [-0.05, 0) is 7.05 Å². The average molecular weight is 165 g/mol. The van der Waals surface area contributed by atoms with Crippen LogP contribution in [0.2, 0.25) is 0 Å². The molecule has 4 heteroatoms. The highest BCUT2D eigenvalue weighted by molar-refractivity contribution is 4.99. The fourth-order valence-corrected chi connectivity index (χ4v) is 1.71. The summed E-state index contributed by atoms with van der Waals surface area (Å²) in [6, 6.07) is 0. The molecule has 11 heavy (non-hydrogen) atoms. The molecule has 1 aliphatic carbocycles. The zero-order valence-electron chi connectivity index (χ0n) is 6.53. The molecule has 0 amide bonds. The number of aliphatic hydroxyl groups is 1. The molecule has 2 N–H and O–H groups in total. The molecular weight excluding hydrogens is 152 g/mol. The zero-order valence-corrected chi connectivity index (χ0v) is 6.53. The third-order valence-corrected chi connectivity index (χ3v) is 2.15. The average Bonchev–Trinajstić information content (AvgIpc) is 1.84. The molecule has 0 heterocycles. The van der Waals surface area contributed by atoms with E-state index in [9.17, 15) is 8.78 Å². The normalized spacial score (nSPS) is 26.2. The second kappa shape index (κ2) is 2.68. The standard InChI is InChI=1S/C7H13F2NO/c1-10-4-6(5-11)2-7(8,9)3-6/h10-11H,2-5H2,1H3. The molecule has 1 saturated carbocycles. The van der Waals surface area contributed by atoms with Gasteiger partial charge in [-0.2, -0.15) is 0 Å². The number of rotatable bonds is 3. The summed E-state index contributed by atoms with van der Waals surface area (Å²) in [5.41, 5.74) is -0.557. The van der Waals surface area contributed by atoms with Crippen molar-refractivity contribution in [1.82, 2.24) is 5.32 Å². The van der Waals surface area contributed by atoms with Gasteiger partial charge >= 0.3 is 0 Å². The van der Waals surface area contributed by atoms with Crippen molar-refractivity contribution in [2.75, 3.05) is 20.2 Å². The summed E-state index contributed by atoms with van der Waals surface area (Å²) in [5.74, 6) is -2.54. The van der Waals surface area contributed by atoms with Crippen molar-refractivity contribution >= 4 is 0 Å². The van der Waals surface area contributed by atoms with Crippen LogP contribution in [0.5, 0.6) is 0 Å². The molecule has 0 aromatic carbocycles. The molecule has 0 aliphatic heterocycles. The molecular formula is C7H13F2NO. The predicted octanol–water partition coefficient (Wildman–Crippen LogP) is 0.614. The fraction of sp³-hybridized carbons (Fsp3) is 1.00. The molecule has 2 nitrogen and oxygen atoms in total. The number of hydrogen-bond donors (Lipinski definition) is 2. The first-order chi connectivity index (χ1) is 5.04. The Morgan fingerprint density at radius 2 is 2.00 bits per heavy atom. The van der Waals surface area contributed by atoms with Crippen molar-refractivity contribution in [3.05, 3.63) is 0 Å². The minimum atomic E-state index is -2.54. The molecule has 0 radical (unpaired) electrons. The first-order valence-corrected chi connectivity index (χ1v) is 3.67. The Labute approximate surface area is 64.6 Å². The summed E-state index contributed by atoms with van der Waals surface area (Å²) in [6.07, 6.45) is -0.366. The molecule has 1 rings (SSSR count). The highest BCUT2D eigenvalue weighted by atomic mass is 19.3. The molecule has 0 spiro atoms. The van der Waals surface area contributed by atoms with E-state index in [1.54, 1.807) is 7.05 Å². The number of hydrogen-bond acceptors (Lipinski definition) is 2. The highest BCUT2D eigenvalue weighted by Crippen LogP contribution is 2.51. The van der Waals surface area contributed by atoms with Crippen molar-refractivity contribution in [2.24, 2.45) is 5.41 Å². The van der Waals surface area contributed by atoms with Gasteiger partial charge in [0.15, 0.2) is 0 Å².